The van der Waals surface area contributed by atoms with Crippen LogP contribution in [0.2, 0.25) is 0 Å². The summed E-state index contributed by atoms with van der Waals surface area (Å²) in [5, 5.41) is 18.4. The lowest BCUT2D eigenvalue weighted by Gasteiger charge is -2.32. The van der Waals surface area contributed by atoms with Crippen LogP contribution < -0.4 is 0 Å². The lowest BCUT2D eigenvalue weighted by molar-refractivity contribution is -0.248. The number of hydrogen-bond donors (Lipinski definition) is 0. The van der Waals surface area contributed by atoms with Crippen molar-refractivity contribution in [3.63, 3.8) is 0 Å². The average molecular weight is 397 g/mol. The fourth-order valence-electron chi connectivity index (χ4n) is 2.98. The van der Waals surface area contributed by atoms with Crippen LogP contribution in [0.4, 0.5) is 13.2 Å². The van der Waals surface area contributed by atoms with Crippen molar-refractivity contribution in [1.29, 1.82) is 10.5 Å². The molecule has 138 valence electrons. The van der Waals surface area contributed by atoms with E-state index in [1.54, 1.807) is 42.5 Å². The molecule has 1 unspecified atom stereocenters. The van der Waals surface area contributed by atoms with Gasteiger partial charge < -0.3 is 4.74 Å². The van der Waals surface area contributed by atoms with Crippen molar-refractivity contribution in [2.24, 2.45) is 0 Å². The third-order valence-electron chi connectivity index (χ3n) is 4.34. The summed E-state index contributed by atoms with van der Waals surface area (Å²) in [5.74, 6) is -0.635. The number of rotatable bonds is 2. The van der Waals surface area contributed by atoms with Crippen LogP contribution >= 0.6 is 11.3 Å². The Labute approximate surface area is 162 Å². The zero-order valence-corrected chi connectivity index (χ0v) is 15.1. The molecule has 8 heteroatoms. The SMILES string of the molecule is [C-]#[N+]/C(C#N)=C1\OC(c2ccc(-c3ccccc3)s2)(C(F)(F)F)C(C)=C1C#N. The quantitative estimate of drug-likeness (QED) is 0.483. The van der Waals surface area contributed by atoms with Gasteiger partial charge >= 0.3 is 11.9 Å². The van der Waals surface area contributed by atoms with E-state index in [-0.39, 0.29) is 4.88 Å². The first-order valence-electron chi connectivity index (χ1n) is 7.85. The monoisotopic (exact) mass is 397 g/mol. The van der Waals surface area contributed by atoms with Gasteiger partial charge in [0.2, 0.25) is 0 Å². The fraction of sp³-hybridized carbons (Fsp3) is 0.150. The third-order valence-corrected chi connectivity index (χ3v) is 5.58. The van der Waals surface area contributed by atoms with Crippen LogP contribution in [0.5, 0.6) is 0 Å². The zero-order chi connectivity index (χ0) is 20.5. The number of nitriles is 2. The molecule has 1 aliphatic rings. The van der Waals surface area contributed by atoms with Crippen LogP contribution in [-0.4, -0.2) is 6.18 Å². The number of nitrogens with zero attached hydrogens (tertiary/aromatic N) is 3. The standard InChI is InChI=1S/C20H10F3N3OS/c1-12-14(10-24)18(15(11-25)26-2)27-19(12,20(21,22)23)17-9-8-16(28-17)13-6-4-3-5-7-13/h3-9H,1H3/b18-15-. The molecular formula is C20H10F3N3OS. The van der Waals surface area contributed by atoms with E-state index < -0.39 is 34.4 Å². The summed E-state index contributed by atoms with van der Waals surface area (Å²) < 4.78 is 48.1. The van der Waals surface area contributed by atoms with Gasteiger partial charge in [-0.25, -0.2) is 10.1 Å². The summed E-state index contributed by atoms with van der Waals surface area (Å²) >= 11 is 0.883. The molecule has 0 aliphatic carbocycles. The molecule has 0 N–H and O–H groups in total. The second kappa shape index (κ2) is 6.88. The molecule has 1 atom stereocenters. The van der Waals surface area contributed by atoms with E-state index in [0.29, 0.717) is 4.88 Å². The number of benzene rings is 1. The molecule has 1 aliphatic heterocycles. The van der Waals surface area contributed by atoms with Crippen molar-refractivity contribution in [3.05, 3.63) is 81.4 Å². The fourth-order valence-corrected chi connectivity index (χ4v) is 4.20. The van der Waals surface area contributed by atoms with Gasteiger partial charge in [0.05, 0.1) is 23.1 Å². The van der Waals surface area contributed by atoms with Gasteiger partial charge in [-0.05, 0) is 24.6 Å². The molecule has 0 fully saturated rings. The molecule has 2 aromatic rings. The molecule has 2 heterocycles. The highest BCUT2D eigenvalue weighted by Crippen LogP contribution is 2.57. The maximum atomic E-state index is 14.3. The highest BCUT2D eigenvalue weighted by Gasteiger charge is 2.65. The summed E-state index contributed by atoms with van der Waals surface area (Å²) in [7, 11) is 0. The minimum Gasteiger partial charge on any atom is -0.476 e. The van der Waals surface area contributed by atoms with Crippen LogP contribution in [0.15, 0.2) is 65.1 Å². The molecule has 0 saturated carbocycles. The van der Waals surface area contributed by atoms with Crippen LogP contribution in [0.1, 0.15) is 11.8 Å². The van der Waals surface area contributed by atoms with E-state index in [0.717, 1.165) is 23.8 Å². The second-order valence-corrected chi connectivity index (χ2v) is 6.91. The number of ether oxygens (including phenoxy) is 1. The lowest BCUT2D eigenvalue weighted by Crippen LogP contribution is -2.42. The topological polar surface area (TPSA) is 61.2 Å². The summed E-state index contributed by atoms with van der Waals surface area (Å²) in [5.41, 5.74) is -3.71. The van der Waals surface area contributed by atoms with Gasteiger partial charge in [0.15, 0.2) is 5.76 Å². The van der Waals surface area contributed by atoms with Gasteiger partial charge in [-0.3, -0.25) is 0 Å². The number of thiophene rings is 1. The normalized spacial score (nSPS) is 20.8. The predicted octanol–water partition coefficient (Wildman–Crippen LogP) is 5.70. The molecule has 0 saturated heterocycles. The summed E-state index contributed by atoms with van der Waals surface area (Å²) in [6.45, 7) is 8.15. The molecule has 28 heavy (non-hydrogen) atoms. The van der Waals surface area contributed by atoms with E-state index in [4.69, 9.17) is 16.6 Å². The Balaban J connectivity index is 2.26. The smallest absolute Gasteiger partial charge is 0.437 e. The number of allylic oxidation sites excluding steroid dienone is 2. The molecule has 0 radical (unpaired) electrons. The van der Waals surface area contributed by atoms with Crippen molar-refractivity contribution < 1.29 is 17.9 Å². The maximum Gasteiger partial charge on any atom is 0.437 e. The number of hydrogen-bond acceptors (Lipinski definition) is 4. The van der Waals surface area contributed by atoms with Gasteiger partial charge in [-0.1, -0.05) is 30.3 Å². The Bertz CT molecular complexity index is 1110. The first kappa shape index (κ1) is 19.2. The van der Waals surface area contributed by atoms with Crippen molar-refractivity contribution in [3.8, 4) is 22.6 Å². The minimum atomic E-state index is -4.91. The molecule has 3 rings (SSSR count). The van der Waals surface area contributed by atoms with E-state index in [2.05, 4.69) is 4.85 Å². The van der Waals surface area contributed by atoms with E-state index in [1.165, 1.54) is 12.1 Å². The van der Waals surface area contributed by atoms with Gasteiger partial charge in [0, 0.05) is 10.5 Å². The lowest BCUT2D eigenvalue weighted by atomic mass is 9.90. The van der Waals surface area contributed by atoms with Gasteiger partial charge in [0.25, 0.3) is 5.60 Å². The molecule has 0 amide bonds. The number of halogens is 3. The Morgan fingerprint density at radius 2 is 1.86 bits per heavy atom. The number of alkyl halides is 3. The first-order valence-corrected chi connectivity index (χ1v) is 8.67. The van der Waals surface area contributed by atoms with Gasteiger partial charge in [0.1, 0.15) is 6.07 Å². The Hall–Kier alpha value is -3.54. The maximum absolute atomic E-state index is 14.3. The molecule has 4 nitrogen and oxygen atoms in total. The van der Waals surface area contributed by atoms with E-state index >= 15 is 0 Å². The van der Waals surface area contributed by atoms with Crippen molar-refractivity contribution in [1.82, 2.24) is 0 Å². The molecule has 0 spiro atoms. The van der Waals surface area contributed by atoms with Crippen molar-refractivity contribution in [2.75, 3.05) is 0 Å². The van der Waals surface area contributed by atoms with Crippen molar-refractivity contribution >= 4 is 11.3 Å². The van der Waals surface area contributed by atoms with Crippen LogP contribution in [0.25, 0.3) is 15.3 Å². The highest BCUT2D eigenvalue weighted by molar-refractivity contribution is 7.15. The Morgan fingerprint density at radius 3 is 2.39 bits per heavy atom. The van der Waals surface area contributed by atoms with Gasteiger partial charge in [-0.2, -0.15) is 18.4 Å². The van der Waals surface area contributed by atoms with Crippen LogP contribution in [0, 0.1) is 29.2 Å². The third kappa shape index (κ3) is 2.74. The summed E-state index contributed by atoms with van der Waals surface area (Å²) in [4.78, 5) is 3.32. The average Bonchev–Trinajstić information content (AvgIpc) is 3.27. The molecule has 0 bridgehead atoms. The highest BCUT2D eigenvalue weighted by atomic mass is 32.1. The second-order valence-electron chi connectivity index (χ2n) is 5.82. The van der Waals surface area contributed by atoms with E-state index in [1.807, 2.05) is 0 Å². The molecule has 1 aromatic heterocycles. The Kier molecular flexibility index (Phi) is 4.73. The minimum absolute atomic E-state index is 0.179. The largest absolute Gasteiger partial charge is 0.476 e. The Morgan fingerprint density at radius 1 is 1.18 bits per heavy atom. The summed E-state index contributed by atoms with van der Waals surface area (Å²) in [6.07, 6.45) is -4.91. The van der Waals surface area contributed by atoms with Crippen molar-refractivity contribution in [2.45, 2.75) is 18.7 Å². The summed E-state index contributed by atoms with van der Waals surface area (Å²) in [6, 6.07) is 14.9. The first-order chi connectivity index (χ1) is 13.3. The zero-order valence-electron chi connectivity index (χ0n) is 14.3. The van der Waals surface area contributed by atoms with Gasteiger partial charge in [-0.15, -0.1) is 11.3 Å². The van der Waals surface area contributed by atoms with Crippen LogP contribution in [0.3, 0.4) is 0 Å². The molecule has 1 aromatic carbocycles. The van der Waals surface area contributed by atoms with E-state index in [9.17, 15) is 18.4 Å². The molecular weight excluding hydrogens is 387 g/mol. The predicted molar refractivity (Wildman–Crippen MR) is 96.1 cm³/mol. The van der Waals surface area contributed by atoms with Crippen LogP contribution in [-0.2, 0) is 10.3 Å².